The molecule has 4 aromatic heterocycles. The van der Waals surface area contributed by atoms with Gasteiger partial charge in [0.05, 0.1) is 0 Å². The van der Waals surface area contributed by atoms with Crippen molar-refractivity contribution in [2.24, 2.45) is 39.0 Å². The summed E-state index contributed by atoms with van der Waals surface area (Å²) in [5, 5.41) is 0. The van der Waals surface area contributed by atoms with Gasteiger partial charge in [0.1, 0.15) is 28.2 Å². The molecule has 0 radical (unpaired) electrons. The van der Waals surface area contributed by atoms with Crippen LogP contribution in [-0.4, -0.2) is 0 Å². The zero-order valence-corrected chi connectivity index (χ0v) is 55.4. The molecule has 0 saturated heterocycles. The van der Waals surface area contributed by atoms with E-state index in [0.717, 1.165) is 0 Å². The summed E-state index contributed by atoms with van der Waals surface area (Å²) in [7, 11) is 8.90. The van der Waals surface area contributed by atoms with Gasteiger partial charge in [-0.05, 0) is 230 Å². The average Bonchev–Trinajstić information content (AvgIpc) is 1.57. The molecule has 0 N–H and O–H groups in total. The molecule has 4 aromatic carbocycles. The third kappa shape index (κ3) is 11.9. The quantitative estimate of drug-likeness (QED) is 0.156. The molecule has 0 atom stereocenters. The van der Waals surface area contributed by atoms with Crippen LogP contribution in [0.25, 0.3) is 45.0 Å². The Hall–Kier alpha value is -6.52. The zero-order chi connectivity index (χ0) is 60.6. The van der Waals surface area contributed by atoms with Crippen LogP contribution in [0.15, 0.2) is 146 Å². The van der Waals surface area contributed by atoms with E-state index in [0.29, 0.717) is 21.7 Å². The summed E-state index contributed by atoms with van der Waals surface area (Å²) in [5.41, 5.74) is 31.6. The van der Waals surface area contributed by atoms with Crippen molar-refractivity contribution >= 4 is 0 Å². The third-order valence-corrected chi connectivity index (χ3v) is 24.2. The van der Waals surface area contributed by atoms with Gasteiger partial charge in [-0.1, -0.05) is 124 Å². The lowest BCUT2D eigenvalue weighted by Crippen LogP contribution is -2.43. The first kappa shape index (κ1) is 60.4. The highest BCUT2D eigenvalue weighted by Gasteiger charge is 2.44. The van der Waals surface area contributed by atoms with E-state index in [1.165, 1.54) is 247 Å². The van der Waals surface area contributed by atoms with E-state index in [9.17, 15) is 0 Å². The Morgan fingerprint density at radius 3 is 1.17 bits per heavy atom. The number of hydrogen-bond acceptors (Lipinski definition) is 0. The predicted octanol–water partition coefficient (Wildman–Crippen LogP) is 18.3. The molecule has 8 aromatic rings. The van der Waals surface area contributed by atoms with Gasteiger partial charge in [0, 0.05) is 86.0 Å². The standard InChI is InChI=1S/4C21H26N/c1-16-8-3-4-10-18(16)20-14-17-9-7-13-21(11-5-6-12-21)19(17)15-22(20)2;1-16-8-3-4-9-17(16)19-12-11-18-20(22(19)2)10-7-15-21(18)13-5-6-14-21;1-16-7-3-4-8-19(16)20-13-18-14-21(10-5-6-11-21)12-9-17(18)15-22(20)2;1-16-7-3-4-8-19(16)20-13-17-9-12-21(10-5-6-11-21)14-18(17)15-22(20)2/h3-4,8,10,14-15H,5-7,9,11-13H2,1-2H3;3-4,8-9,11-12H,5-7,10,13-15H2,1-2H3;2*3-4,7-8,13,15H,5-6,9-12,14H2,1-2H3/q4*+1. The van der Waals surface area contributed by atoms with E-state index in [-0.39, 0.29) is 0 Å². The first-order valence-corrected chi connectivity index (χ1v) is 35.1. The first-order valence-electron chi connectivity index (χ1n) is 35.1. The van der Waals surface area contributed by atoms with E-state index in [2.05, 4.69) is 220 Å². The lowest BCUT2D eigenvalue weighted by Gasteiger charge is -2.34. The van der Waals surface area contributed by atoms with Crippen LogP contribution in [-0.2, 0) is 77.5 Å². The van der Waals surface area contributed by atoms with Gasteiger partial charge in [-0.15, -0.1) is 0 Å². The van der Waals surface area contributed by atoms with Gasteiger partial charge >= 0.3 is 0 Å². The van der Waals surface area contributed by atoms with Crippen LogP contribution >= 0.6 is 0 Å². The molecular formula is C84H104N4+4. The van der Waals surface area contributed by atoms with Gasteiger partial charge in [-0.25, -0.2) is 13.7 Å². The van der Waals surface area contributed by atoms with E-state index in [4.69, 9.17) is 0 Å². The first-order chi connectivity index (χ1) is 42.7. The van der Waals surface area contributed by atoms with Crippen LogP contribution in [0.3, 0.4) is 0 Å². The van der Waals surface area contributed by atoms with Crippen molar-refractivity contribution in [2.45, 2.75) is 218 Å². The molecule has 0 amide bonds. The number of rotatable bonds is 4. The number of nitrogens with zero attached hydrogens (tertiary/aromatic N) is 4. The molecule has 4 spiro atoms. The Morgan fingerprint density at radius 2 is 0.670 bits per heavy atom. The maximum Gasteiger partial charge on any atom is 0.212 e. The van der Waals surface area contributed by atoms with E-state index in [1.807, 2.05) is 0 Å². The summed E-state index contributed by atoms with van der Waals surface area (Å²) < 4.78 is 9.52. The van der Waals surface area contributed by atoms with Gasteiger partial charge in [0.25, 0.3) is 0 Å². The van der Waals surface area contributed by atoms with E-state index in [1.54, 1.807) is 44.6 Å². The van der Waals surface area contributed by atoms with Gasteiger partial charge in [-0.2, -0.15) is 4.57 Å². The molecule has 4 heteroatoms. The van der Waals surface area contributed by atoms with Gasteiger partial charge < -0.3 is 0 Å². The van der Waals surface area contributed by atoms with E-state index < -0.39 is 0 Å². The van der Waals surface area contributed by atoms with Crippen molar-refractivity contribution in [3.8, 4) is 45.0 Å². The lowest BCUT2D eigenvalue weighted by molar-refractivity contribution is -0.669. The summed E-state index contributed by atoms with van der Waals surface area (Å²) >= 11 is 0. The van der Waals surface area contributed by atoms with Crippen LogP contribution in [0.1, 0.15) is 208 Å². The maximum atomic E-state index is 2.48. The highest BCUT2D eigenvalue weighted by Crippen LogP contribution is 2.52. The summed E-state index contributed by atoms with van der Waals surface area (Å²) in [6, 6.07) is 47.2. The summed E-state index contributed by atoms with van der Waals surface area (Å²) in [5.74, 6) is 0. The Kier molecular flexibility index (Phi) is 17.4. The monoisotopic (exact) mass is 1170 g/mol. The molecule has 0 unspecified atom stereocenters. The van der Waals surface area contributed by atoms with E-state index >= 15 is 0 Å². The molecule has 4 nitrogen and oxygen atoms in total. The minimum atomic E-state index is 0.510. The zero-order valence-electron chi connectivity index (χ0n) is 55.4. The fourth-order valence-electron chi connectivity index (χ4n) is 19.2. The Balaban J connectivity index is 0.000000108. The lowest BCUT2D eigenvalue weighted by atomic mass is 9.69. The summed E-state index contributed by atoms with van der Waals surface area (Å²) in [6.45, 7) is 8.86. The smallest absolute Gasteiger partial charge is 0.201 e. The second-order valence-corrected chi connectivity index (χ2v) is 29.7. The SMILES string of the molecule is Cc1ccccc1-c1cc2c(c[n+]1C)C1(CCCC1)CCC2.Cc1ccccc1-c1cc2c(c[n+]1C)CC1(CCCC1)CC2.Cc1ccccc1-c1cc2c(c[n+]1C)CCC1(CCCC1)C2.Cc1ccccc1-c1ccc2c([n+]1C)CCCC21CCCC1. The number of hydrogen-bond donors (Lipinski definition) is 0. The fraction of sp³-hybridized carbons (Fsp3) is 0.476. The van der Waals surface area contributed by atoms with Crippen LogP contribution in [0.2, 0.25) is 0 Å². The van der Waals surface area contributed by atoms with Crippen molar-refractivity contribution in [1.29, 1.82) is 0 Å². The van der Waals surface area contributed by atoms with Crippen molar-refractivity contribution in [2.75, 3.05) is 0 Å². The highest BCUT2D eigenvalue weighted by atomic mass is 15.0. The molecule has 4 heterocycles. The number of aryl methyl sites for hydroxylation is 10. The normalized spacial score (nSPS) is 19.4. The molecule has 0 bridgehead atoms. The highest BCUT2D eigenvalue weighted by molar-refractivity contribution is 5.65. The van der Waals surface area contributed by atoms with Gasteiger partial charge in [-0.3, -0.25) is 0 Å². The molecule has 16 rings (SSSR count). The second kappa shape index (κ2) is 25.4. The fourth-order valence-corrected chi connectivity index (χ4v) is 19.2. The largest absolute Gasteiger partial charge is 0.212 e. The molecule has 456 valence electrons. The number of benzene rings is 4. The summed E-state index contributed by atoms with van der Waals surface area (Å²) in [6.07, 6.45) is 46.2. The van der Waals surface area contributed by atoms with Crippen molar-refractivity contribution in [3.63, 3.8) is 0 Å². The number of aromatic nitrogens is 4. The van der Waals surface area contributed by atoms with Crippen LogP contribution in [0.5, 0.6) is 0 Å². The molecule has 4 saturated carbocycles. The van der Waals surface area contributed by atoms with Crippen LogP contribution in [0.4, 0.5) is 0 Å². The molecule has 0 aliphatic heterocycles. The minimum Gasteiger partial charge on any atom is -0.201 e. The Labute approximate surface area is 530 Å². The minimum absolute atomic E-state index is 0.510. The molecular weight excluding hydrogens is 1060 g/mol. The van der Waals surface area contributed by atoms with Crippen molar-refractivity contribution in [3.05, 3.63) is 213 Å². The molecule has 4 fully saturated rings. The second-order valence-electron chi connectivity index (χ2n) is 29.7. The van der Waals surface area contributed by atoms with Crippen molar-refractivity contribution in [1.82, 2.24) is 0 Å². The Bertz CT molecular complexity index is 3770. The Morgan fingerprint density at radius 1 is 0.295 bits per heavy atom. The third-order valence-electron chi connectivity index (χ3n) is 24.2. The number of fused-ring (bicyclic) bond motifs is 6. The molecule has 8 aliphatic carbocycles. The van der Waals surface area contributed by atoms with Gasteiger partial charge in [0.2, 0.25) is 22.8 Å². The molecule has 88 heavy (non-hydrogen) atoms. The van der Waals surface area contributed by atoms with Gasteiger partial charge in [0.15, 0.2) is 24.3 Å². The maximum absolute atomic E-state index is 2.48. The summed E-state index contributed by atoms with van der Waals surface area (Å²) in [4.78, 5) is 0. The van der Waals surface area contributed by atoms with Crippen LogP contribution in [0, 0.1) is 38.5 Å². The van der Waals surface area contributed by atoms with Crippen molar-refractivity contribution < 1.29 is 18.3 Å². The predicted molar refractivity (Wildman–Crippen MR) is 363 cm³/mol. The number of pyridine rings is 4. The topological polar surface area (TPSA) is 15.5 Å². The van der Waals surface area contributed by atoms with Crippen LogP contribution < -0.4 is 18.3 Å². The average molecular weight is 1170 g/mol. The molecule has 8 aliphatic rings.